The smallest absolute Gasteiger partial charge is 0.260 e. The van der Waals surface area contributed by atoms with Crippen LogP contribution >= 0.6 is 0 Å². The highest BCUT2D eigenvalue weighted by Gasteiger charge is 2.44. The summed E-state index contributed by atoms with van der Waals surface area (Å²) < 4.78 is 1.82. The first-order valence-electron chi connectivity index (χ1n) is 14.6. The van der Waals surface area contributed by atoms with Crippen LogP contribution in [0.15, 0.2) is 109 Å². The number of nitrogens with one attached hydrogen (secondary N) is 3. The van der Waals surface area contributed by atoms with Crippen LogP contribution in [0.3, 0.4) is 0 Å². The van der Waals surface area contributed by atoms with Crippen molar-refractivity contribution in [3.63, 3.8) is 0 Å². The minimum Gasteiger partial charge on any atom is -0.354 e. The molecule has 8 nitrogen and oxygen atoms in total. The van der Waals surface area contributed by atoms with E-state index in [-0.39, 0.29) is 18.4 Å². The zero-order chi connectivity index (χ0) is 30.4. The number of benzene rings is 4. The summed E-state index contributed by atoms with van der Waals surface area (Å²) in [6.07, 6.45) is 1.84. The van der Waals surface area contributed by atoms with Gasteiger partial charge in [-0.3, -0.25) is 25.2 Å². The van der Waals surface area contributed by atoms with Crippen LogP contribution in [0.2, 0.25) is 0 Å². The Morgan fingerprint density at radius 2 is 1.59 bits per heavy atom. The first-order valence-corrected chi connectivity index (χ1v) is 14.6. The van der Waals surface area contributed by atoms with Gasteiger partial charge < -0.3 is 14.5 Å². The van der Waals surface area contributed by atoms with Crippen LogP contribution < -0.4 is 10.9 Å². The second-order valence-electron chi connectivity index (χ2n) is 11.2. The average molecular weight is 582 g/mol. The molecule has 0 radical (unpaired) electrons. The normalized spacial score (nSPS) is 15.0. The molecule has 3 amide bonds. The van der Waals surface area contributed by atoms with E-state index in [1.807, 2.05) is 90.5 Å². The highest BCUT2D eigenvalue weighted by Crippen LogP contribution is 2.46. The number of aromatic nitrogens is 2. The maximum Gasteiger partial charge on any atom is 0.260 e. The van der Waals surface area contributed by atoms with Crippen molar-refractivity contribution in [2.45, 2.75) is 32.5 Å². The van der Waals surface area contributed by atoms with Crippen LogP contribution in [-0.4, -0.2) is 38.2 Å². The van der Waals surface area contributed by atoms with Gasteiger partial charge in [-0.1, -0.05) is 84.4 Å². The molecular formula is C36H31N5O3. The molecule has 0 spiro atoms. The largest absolute Gasteiger partial charge is 0.354 e. The zero-order valence-electron chi connectivity index (χ0n) is 24.4. The van der Waals surface area contributed by atoms with Gasteiger partial charge in [-0.25, -0.2) is 0 Å². The van der Waals surface area contributed by atoms with Gasteiger partial charge in [-0.2, -0.15) is 0 Å². The van der Waals surface area contributed by atoms with E-state index in [1.54, 1.807) is 17.9 Å². The highest BCUT2D eigenvalue weighted by molar-refractivity contribution is 6.04. The SMILES string of the molecule is Cc1ccc(-c2[nH]c3ccccc3c2C2c3ccccc3C(=O)N2C(C)C(=O)NNC(=O)Cn2ccc3ccccc32)cc1. The van der Waals surface area contributed by atoms with Crippen LogP contribution in [0, 0.1) is 6.92 Å². The lowest BCUT2D eigenvalue weighted by molar-refractivity contribution is -0.131. The molecule has 8 heteroatoms. The molecule has 4 aromatic carbocycles. The fraction of sp³-hybridized carbons (Fsp3) is 0.139. The number of para-hydroxylation sites is 2. The van der Waals surface area contributed by atoms with Gasteiger partial charge in [0.15, 0.2) is 0 Å². The standard InChI is InChI=1S/C36H31N5O3/c1-22-15-17-25(18-16-22)33-32(28-12-6-7-13-29(28)37-33)34-26-10-4-5-11-27(26)36(44)41(34)23(2)35(43)39-38-31(42)21-40-20-19-24-9-3-8-14-30(24)40/h3-20,23,34,37H,21H2,1-2H3,(H,38,42)(H,39,43). The molecule has 1 aliphatic heterocycles. The number of carbonyl (C=O) groups excluding carboxylic acids is 3. The van der Waals surface area contributed by atoms with Crippen LogP contribution in [0.4, 0.5) is 0 Å². The van der Waals surface area contributed by atoms with E-state index < -0.39 is 18.0 Å². The quantitative estimate of drug-likeness (QED) is 0.214. The number of aromatic amines is 1. The van der Waals surface area contributed by atoms with E-state index in [2.05, 4.69) is 40.1 Å². The molecule has 3 heterocycles. The van der Waals surface area contributed by atoms with Crippen molar-refractivity contribution in [1.29, 1.82) is 0 Å². The summed E-state index contributed by atoms with van der Waals surface area (Å²) in [6.45, 7) is 3.77. The molecule has 1 aliphatic rings. The van der Waals surface area contributed by atoms with E-state index in [0.717, 1.165) is 49.8 Å². The van der Waals surface area contributed by atoms with Gasteiger partial charge in [0.1, 0.15) is 12.6 Å². The predicted molar refractivity (Wildman–Crippen MR) is 171 cm³/mol. The van der Waals surface area contributed by atoms with Crippen LogP contribution in [0.1, 0.15) is 40.0 Å². The average Bonchev–Trinajstić information content (AvgIpc) is 3.72. The molecule has 218 valence electrons. The van der Waals surface area contributed by atoms with E-state index in [1.165, 1.54) is 0 Å². The molecule has 0 aliphatic carbocycles. The number of rotatable bonds is 6. The molecule has 0 bridgehead atoms. The van der Waals surface area contributed by atoms with Crippen molar-refractivity contribution in [3.05, 3.63) is 132 Å². The Morgan fingerprint density at radius 3 is 2.43 bits per heavy atom. The third kappa shape index (κ3) is 4.61. The number of hydrazine groups is 1. The molecule has 2 aromatic heterocycles. The number of carbonyl (C=O) groups is 3. The molecule has 7 rings (SSSR count). The Morgan fingerprint density at radius 1 is 0.864 bits per heavy atom. The predicted octanol–water partition coefficient (Wildman–Crippen LogP) is 5.88. The summed E-state index contributed by atoms with van der Waals surface area (Å²) >= 11 is 0. The van der Waals surface area contributed by atoms with Gasteiger partial charge in [-0.15, -0.1) is 0 Å². The van der Waals surface area contributed by atoms with Gasteiger partial charge in [-0.05, 0) is 54.6 Å². The second kappa shape index (κ2) is 10.9. The molecule has 0 fully saturated rings. The molecular weight excluding hydrogens is 550 g/mol. The van der Waals surface area contributed by atoms with Crippen molar-refractivity contribution in [2.24, 2.45) is 0 Å². The number of fused-ring (bicyclic) bond motifs is 3. The Balaban J connectivity index is 1.21. The molecule has 3 N–H and O–H groups in total. The van der Waals surface area contributed by atoms with E-state index in [4.69, 9.17) is 0 Å². The fourth-order valence-corrected chi connectivity index (χ4v) is 6.26. The minimum atomic E-state index is -0.896. The topological polar surface area (TPSA) is 99.2 Å². The number of H-pyrrole nitrogens is 1. The summed E-state index contributed by atoms with van der Waals surface area (Å²) in [6, 6.07) is 32.1. The van der Waals surface area contributed by atoms with Crippen molar-refractivity contribution < 1.29 is 14.4 Å². The number of amides is 3. The lowest BCUT2D eigenvalue weighted by atomic mass is 9.92. The van der Waals surface area contributed by atoms with Gasteiger partial charge in [0.25, 0.3) is 17.7 Å². The van der Waals surface area contributed by atoms with Crippen molar-refractivity contribution in [3.8, 4) is 11.3 Å². The van der Waals surface area contributed by atoms with Crippen molar-refractivity contribution in [1.82, 2.24) is 25.3 Å². The van der Waals surface area contributed by atoms with Gasteiger partial charge in [0, 0.05) is 33.7 Å². The maximum atomic E-state index is 14.0. The van der Waals surface area contributed by atoms with Gasteiger partial charge >= 0.3 is 0 Å². The summed E-state index contributed by atoms with van der Waals surface area (Å²) in [5.74, 6) is -1.10. The van der Waals surface area contributed by atoms with Crippen molar-refractivity contribution in [2.75, 3.05) is 0 Å². The highest BCUT2D eigenvalue weighted by atomic mass is 16.2. The Kier molecular flexibility index (Phi) is 6.74. The van der Waals surface area contributed by atoms with Crippen LogP contribution in [-0.2, 0) is 16.1 Å². The lowest BCUT2D eigenvalue weighted by Gasteiger charge is -2.31. The second-order valence-corrected chi connectivity index (χ2v) is 11.2. The Bertz CT molecular complexity index is 2060. The third-order valence-corrected chi connectivity index (χ3v) is 8.47. The monoisotopic (exact) mass is 581 g/mol. The van der Waals surface area contributed by atoms with E-state index >= 15 is 0 Å². The first kappa shape index (κ1) is 27.2. The first-order chi connectivity index (χ1) is 21.4. The van der Waals surface area contributed by atoms with Crippen LogP contribution in [0.5, 0.6) is 0 Å². The molecule has 44 heavy (non-hydrogen) atoms. The number of nitrogens with zero attached hydrogens (tertiary/aromatic N) is 2. The van der Waals surface area contributed by atoms with Gasteiger partial charge in [0.05, 0.1) is 11.7 Å². The Labute approximate surface area is 254 Å². The lowest BCUT2D eigenvalue weighted by Crippen LogP contribution is -2.52. The fourth-order valence-electron chi connectivity index (χ4n) is 6.26. The number of aryl methyl sites for hydroxylation is 1. The molecule has 2 unspecified atom stereocenters. The van der Waals surface area contributed by atoms with Crippen LogP contribution in [0.25, 0.3) is 33.1 Å². The summed E-state index contributed by atoms with van der Waals surface area (Å²) in [4.78, 5) is 45.6. The third-order valence-electron chi connectivity index (χ3n) is 8.47. The molecule has 6 aromatic rings. The maximum absolute atomic E-state index is 14.0. The number of hydrogen-bond donors (Lipinski definition) is 3. The van der Waals surface area contributed by atoms with E-state index in [0.29, 0.717) is 5.56 Å². The van der Waals surface area contributed by atoms with Gasteiger partial charge in [0.2, 0.25) is 0 Å². The minimum absolute atomic E-state index is 0.0358. The zero-order valence-corrected chi connectivity index (χ0v) is 24.4. The Hall–Kier alpha value is -5.63. The van der Waals surface area contributed by atoms with E-state index in [9.17, 15) is 14.4 Å². The summed E-state index contributed by atoms with van der Waals surface area (Å²) in [7, 11) is 0. The molecule has 2 atom stereocenters. The number of hydrogen-bond acceptors (Lipinski definition) is 3. The van der Waals surface area contributed by atoms with Crippen molar-refractivity contribution >= 4 is 39.5 Å². The molecule has 0 saturated heterocycles. The molecule has 0 saturated carbocycles. The summed E-state index contributed by atoms with van der Waals surface area (Å²) in [5, 5.41) is 2.00. The summed E-state index contributed by atoms with van der Waals surface area (Å²) in [5.41, 5.74) is 12.3.